The molecular weight excluding hydrogens is 756 g/mol. The Labute approximate surface area is 345 Å². The zero-order valence-electron chi connectivity index (χ0n) is 35.2. The van der Waals surface area contributed by atoms with E-state index < -0.39 is 35.9 Å². The van der Waals surface area contributed by atoms with Crippen molar-refractivity contribution in [2.75, 3.05) is 73.0 Å². The van der Waals surface area contributed by atoms with Gasteiger partial charge in [-0.1, -0.05) is 77.0 Å². The van der Waals surface area contributed by atoms with Gasteiger partial charge in [0.15, 0.2) is 0 Å². The lowest BCUT2D eigenvalue weighted by Gasteiger charge is -2.15. The number of carboxylic acid groups (broad SMARTS) is 3. The first-order valence-electron chi connectivity index (χ1n) is 21.5. The third-order valence-electron chi connectivity index (χ3n) is 9.38. The molecule has 0 spiro atoms. The predicted octanol–water partition coefficient (Wildman–Crippen LogP) is 4.19. The fourth-order valence-corrected chi connectivity index (χ4v) is 5.94. The van der Waals surface area contributed by atoms with Crippen LogP contribution < -0.4 is 21.3 Å². The summed E-state index contributed by atoms with van der Waals surface area (Å²) in [4.78, 5) is 69.3. The smallest absolute Gasteiger partial charge is 0.326 e. The van der Waals surface area contributed by atoms with Gasteiger partial charge in [0.1, 0.15) is 12.1 Å². The van der Waals surface area contributed by atoms with E-state index in [-0.39, 0.29) is 44.3 Å². The third kappa shape index (κ3) is 38.2. The molecular formula is C41H76N4O13. The SMILES string of the molecule is CN[C@@H](CCCCNC(=O)CC[C@H](NC(=O)CCOCCOCCOCCOCCNC(=O)CCCCCCCCCCCCCCCCC(=O)O)C(=O)O)C(=O)O. The summed E-state index contributed by atoms with van der Waals surface area (Å²) in [6, 6.07) is -1.85. The molecule has 0 aliphatic heterocycles. The van der Waals surface area contributed by atoms with E-state index in [1.807, 2.05) is 0 Å². The average Bonchev–Trinajstić information content (AvgIpc) is 3.18. The van der Waals surface area contributed by atoms with E-state index in [2.05, 4.69) is 21.3 Å². The minimum absolute atomic E-state index is 0.0438. The van der Waals surface area contributed by atoms with E-state index in [9.17, 15) is 33.9 Å². The van der Waals surface area contributed by atoms with E-state index in [1.54, 1.807) is 7.05 Å². The van der Waals surface area contributed by atoms with E-state index in [0.717, 1.165) is 38.5 Å². The lowest BCUT2D eigenvalue weighted by atomic mass is 10.0. The topological polar surface area (TPSA) is 248 Å². The van der Waals surface area contributed by atoms with Gasteiger partial charge in [0.05, 0.1) is 52.9 Å². The minimum Gasteiger partial charge on any atom is -0.481 e. The zero-order valence-corrected chi connectivity index (χ0v) is 35.2. The maximum Gasteiger partial charge on any atom is 0.326 e. The molecule has 0 saturated heterocycles. The monoisotopic (exact) mass is 833 g/mol. The van der Waals surface area contributed by atoms with Crippen LogP contribution in [0.15, 0.2) is 0 Å². The van der Waals surface area contributed by atoms with Crippen molar-refractivity contribution in [2.24, 2.45) is 0 Å². The number of unbranched alkanes of at least 4 members (excludes halogenated alkanes) is 14. The molecule has 17 nitrogen and oxygen atoms in total. The van der Waals surface area contributed by atoms with Gasteiger partial charge in [-0.05, 0) is 45.6 Å². The molecule has 0 aromatic rings. The quantitative estimate of drug-likeness (QED) is 0.0426. The van der Waals surface area contributed by atoms with E-state index in [4.69, 9.17) is 29.2 Å². The number of rotatable bonds is 44. The Hall–Kier alpha value is -3.38. The average molecular weight is 833 g/mol. The highest BCUT2D eigenvalue weighted by atomic mass is 16.6. The molecule has 0 bridgehead atoms. The fourth-order valence-electron chi connectivity index (χ4n) is 5.94. The van der Waals surface area contributed by atoms with Gasteiger partial charge in [-0.15, -0.1) is 0 Å². The van der Waals surface area contributed by atoms with Crippen LogP contribution in [0, 0.1) is 0 Å². The highest BCUT2D eigenvalue weighted by Gasteiger charge is 2.21. The molecule has 0 rings (SSSR count). The molecule has 0 aromatic heterocycles. The highest BCUT2D eigenvalue weighted by Crippen LogP contribution is 2.14. The molecule has 2 atom stereocenters. The number of aliphatic carboxylic acids is 3. The second-order valence-corrected chi connectivity index (χ2v) is 14.4. The maximum absolute atomic E-state index is 12.2. The molecule has 0 aromatic carbocycles. The second-order valence-electron chi connectivity index (χ2n) is 14.4. The van der Waals surface area contributed by atoms with Gasteiger partial charge in [-0.25, -0.2) is 4.79 Å². The van der Waals surface area contributed by atoms with Crippen LogP contribution in [0.1, 0.15) is 141 Å². The molecule has 58 heavy (non-hydrogen) atoms. The summed E-state index contributed by atoms with van der Waals surface area (Å²) in [5.74, 6) is -3.66. The summed E-state index contributed by atoms with van der Waals surface area (Å²) in [5, 5.41) is 37.7. The van der Waals surface area contributed by atoms with Crippen molar-refractivity contribution in [1.82, 2.24) is 21.3 Å². The van der Waals surface area contributed by atoms with Crippen molar-refractivity contribution in [1.29, 1.82) is 0 Å². The molecule has 0 fully saturated rings. The van der Waals surface area contributed by atoms with Gasteiger partial charge < -0.3 is 55.5 Å². The van der Waals surface area contributed by atoms with E-state index in [1.165, 1.54) is 51.4 Å². The van der Waals surface area contributed by atoms with Crippen molar-refractivity contribution in [2.45, 2.75) is 153 Å². The number of carboxylic acids is 3. The van der Waals surface area contributed by atoms with Crippen LogP contribution >= 0.6 is 0 Å². The Kier molecular flexibility index (Phi) is 38.0. The van der Waals surface area contributed by atoms with Crippen LogP contribution in [-0.2, 0) is 47.7 Å². The standard InChI is InChI=1S/C41H76N4O13/c1-42-34(40(51)52)18-16-17-24-43-37(47)22-21-35(41(53)54)45-38(48)23-26-55-28-30-57-32-33-58-31-29-56-27-25-44-36(46)19-14-12-10-8-6-4-2-3-5-7-9-11-13-15-20-39(49)50/h34-35,42H,2-33H2,1H3,(H,43,47)(H,44,46)(H,45,48)(H,49,50)(H,51,52)(H,53,54)/t34-,35-/m0/s1. The van der Waals surface area contributed by atoms with Crippen molar-refractivity contribution < 1.29 is 63.0 Å². The summed E-state index contributed by atoms with van der Waals surface area (Å²) in [6.07, 6.45) is 18.4. The van der Waals surface area contributed by atoms with Crippen LogP contribution in [0.5, 0.6) is 0 Å². The Morgan fingerprint density at radius 1 is 0.414 bits per heavy atom. The molecule has 0 saturated carbocycles. The lowest BCUT2D eigenvalue weighted by Crippen LogP contribution is -2.42. The van der Waals surface area contributed by atoms with Gasteiger partial charge in [-0.3, -0.25) is 24.0 Å². The highest BCUT2D eigenvalue weighted by molar-refractivity contribution is 5.84. The van der Waals surface area contributed by atoms with E-state index in [0.29, 0.717) is 84.8 Å². The second kappa shape index (κ2) is 40.4. The number of carbonyl (C=O) groups excluding carboxylic acids is 3. The van der Waals surface area contributed by atoms with Gasteiger partial charge in [0, 0.05) is 38.8 Å². The first kappa shape index (κ1) is 54.6. The molecule has 0 aliphatic carbocycles. The molecule has 338 valence electrons. The number of likely N-dealkylation sites (N-methyl/N-ethyl adjacent to an activating group) is 1. The minimum atomic E-state index is -1.24. The number of ether oxygens (including phenoxy) is 4. The molecule has 7 N–H and O–H groups in total. The largest absolute Gasteiger partial charge is 0.481 e. The van der Waals surface area contributed by atoms with Gasteiger partial charge in [0.25, 0.3) is 0 Å². The number of amides is 3. The van der Waals surface area contributed by atoms with Gasteiger partial charge >= 0.3 is 17.9 Å². The lowest BCUT2D eigenvalue weighted by molar-refractivity contribution is -0.142. The first-order valence-corrected chi connectivity index (χ1v) is 21.5. The number of hydrogen-bond acceptors (Lipinski definition) is 11. The Balaban J connectivity index is 3.52. The zero-order chi connectivity index (χ0) is 42.9. The molecule has 3 amide bonds. The summed E-state index contributed by atoms with van der Waals surface area (Å²) < 4.78 is 21.8. The van der Waals surface area contributed by atoms with Crippen molar-refractivity contribution >= 4 is 35.6 Å². The van der Waals surface area contributed by atoms with E-state index >= 15 is 0 Å². The Morgan fingerprint density at radius 3 is 1.33 bits per heavy atom. The Morgan fingerprint density at radius 2 is 0.845 bits per heavy atom. The number of nitrogens with one attached hydrogen (secondary N) is 4. The van der Waals surface area contributed by atoms with Crippen LogP contribution in [0.4, 0.5) is 0 Å². The maximum atomic E-state index is 12.2. The predicted molar refractivity (Wildman–Crippen MR) is 219 cm³/mol. The molecule has 0 aliphatic rings. The number of hydrogen-bond donors (Lipinski definition) is 7. The van der Waals surface area contributed by atoms with Crippen molar-refractivity contribution in [3.63, 3.8) is 0 Å². The van der Waals surface area contributed by atoms with Gasteiger partial charge in [-0.2, -0.15) is 0 Å². The summed E-state index contributed by atoms with van der Waals surface area (Å²) in [6.45, 7) is 3.39. The van der Waals surface area contributed by atoms with Crippen LogP contribution in [-0.4, -0.2) is 136 Å². The summed E-state index contributed by atoms with van der Waals surface area (Å²) >= 11 is 0. The summed E-state index contributed by atoms with van der Waals surface area (Å²) in [5.41, 5.74) is 0. The first-order chi connectivity index (χ1) is 28.1. The molecule has 0 unspecified atom stereocenters. The fraction of sp³-hybridized carbons (Fsp3) is 0.854. The molecule has 0 heterocycles. The van der Waals surface area contributed by atoms with Crippen LogP contribution in [0.3, 0.4) is 0 Å². The third-order valence-corrected chi connectivity index (χ3v) is 9.38. The molecule has 0 radical (unpaired) electrons. The summed E-state index contributed by atoms with van der Waals surface area (Å²) in [7, 11) is 1.57. The Bertz CT molecular complexity index is 1080. The number of carbonyl (C=O) groups is 6. The van der Waals surface area contributed by atoms with Crippen LogP contribution in [0.2, 0.25) is 0 Å². The van der Waals surface area contributed by atoms with Crippen molar-refractivity contribution in [3.8, 4) is 0 Å². The van der Waals surface area contributed by atoms with Crippen LogP contribution in [0.25, 0.3) is 0 Å². The van der Waals surface area contributed by atoms with Crippen molar-refractivity contribution in [3.05, 3.63) is 0 Å². The van der Waals surface area contributed by atoms with Gasteiger partial charge in [0.2, 0.25) is 17.7 Å². The molecule has 17 heteroatoms. The normalized spacial score (nSPS) is 12.2.